The Labute approximate surface area is 187 Å². The number of hydrogen-bond donors (Lipinski definition) is 1. The Morgan fingerprint density at radius 2 is 1.55 bits per heavy atom. The normalized spacial score (nSPS) is 16.4. The summed E-state index contributed by atoms with van der Waals surface area (Å²) >= 11 is 1.40. The van der Waals surface area contributed by atoms with E-state index in [0.29, 0.717) is 11.4 Å². The van der Waals surface area contributed by atoms with Crippen LogP contribution in [-0.2, 0) is 16.9 Å². The molecule has 1 atom stereocenters. The van der Waals surface area contributed by atoms with E-state index in [2.05, 4.69) is 0 Å². The van der Waals surface area contributed by atoms with Gasteiger partial charge < -0.3 is 10.6 Å². The summed E-state index contributed by atoms with van der Waals surface area (Å²) in [4.78, 5) is 29.7. The Hall–Kier alpha value is -2.92. The first kappa shape index (κ1) is 21.3. The number of carbonyl (C=O) groups excluding carboxylic acids is 2. The van der Waals surface area contributed by atoms with Gasteiger partial charge in [-0.25, -0.2) is 0 Å². The van der Waals surface area contributed by atoms with Gasteiger partial charge in [0.05, 0.1) is 4.88 Å². The van der Waals surface area contributed by atoms with Crippen molar-refractivity contribution in [3.8, 4) is 0 Å². The van der Waals surface area contributed by atoms with Crippen LogP contribution in [0.25, 0.3) is 0 Å². The average molecular weight is 433 g/mol. The van der Waals surface area contributed by atoms with Crippen LogP contribution in [-0.4, -0.2) is 16.7 Å². The van der Waals surface area contributed by atoms with Crippen LogP contribution in [0.1, 0.15) is 52.9 Å². The summed E-state index contributed by atoms with van der Waals surface area (Å²) in [5.41, 5.74) is 6.83. The second kappa shape index (κ2) is 9.48. The number of primary amides is 1. The standard InChI is InChI=1S/C26H28N2O2S/c27-25(30)26(21-13-6-2-7-14-21,22-15-8-3-9-16-22)28(19-20-11-4-1-5-12-20)24(29)23-17-10-18-31-23/h1-2,4-7,10-14,17-18,22H,3,8-9,15-16,19H2,(H2,27,30). The molecule has 1 aromatic heterocycles. The zero-order chi connectivity index (χ0) is 21.7. The van der Waals surface area contributed by atoms with Crippen molar-refractivity contribution in [2.45, 2.75) is 44.2 Å². The molecule has 4 nitrogen and oxygen atoms in total. The number of nitrogens with two attached hydrogens (primary N) is 1. The largest absolute Gasteiger partial charge is 0.367 e. The van der Waals surface area contributed by atoms with Crippen LogP contribution in [0, 0.1) is 5.92 Å². The first-order valence-electron chi connectivity index (χ1n) is 10.9. The van der Waals surface area contributed by atoms with Gasteiger partial charge in [0.25, 0.3) is 5.91 Å². The maximum Gasteiger partial charge on any atom is 0.265 e. The van der Waals surface area contributed by atoms with Gasteiger partial charge in [0.15, 0.2) is 0 Å². The molecule has 1 heterocycles. The summed E-state index contributed by atoms with van der Waals surface area (Å²) in [6, 6.07) is 23.2. The summed E-state index contributed by atoms with van der Waals surface area (Å²) in [6.07, 6.45) is 4.98. The average Bonchev–Trinajstić information content (AvgIpc) is 3.35. The number of rotatable bonds is 7. The summed E-state index contributed by atoms with van der Waals surface area (Å²) in [5.74, 6) is -0.618. The highest BCUT2D eigenvalue weighted by molar-refractivity contribution is 7.12. The Kier molecular flexibility index (Phi) is 6.52. The van der Waals surface area contributed by atoms with E-state index in [1.54, 1.807) is 4.90 Å². The van der Waals surface area contributed by atoms with E-state index >= 15 is 0 Å². The zero-order valence-corrected chi connectivity index (χ0v) is 18.4. The lowest BCUT2D eigenvalue weighted by molar-refractivity contribution is -0.135. The third kappa shape index (κ3) is 4.15. The van der Waals surface area contributed by atoms with Crippen molar-refractivity contribution in [1.82, 2.24) is 4.90 Å². The summed E-state index contributed by atoms with van der Waals surface area (Å²) in [7, 11) is 0. The molecule has 1 fully saturated rings. The maximum absolute atomic E-state index is 13.9. The fourth-order valence-corrected chi connectivity index (χ4v) is 5.63. The molecule has 0 spiro atoms. The van der Waals surface area contributed by atoms with E-state index in [1.807, 2.05) is 78.2 Å². The van der Waals surface area contributed by atoms with Crippen LogP contribution in [0.5, 0.6) is 0 Å². The molecule has 2 amide bonds. The molecule has 31 heavy (non-hydrogen) atoms. The maximum atomic E-state index is 13.9. The third-order valence-corrected chi connectivity index (χ3v) is 7.23. The van der Waals surface area contributed by atoms with Crippen LogP contribution in [0.2, 0.25) is 0 Å². The van der Waals surface area contributed by atoms with Crippen molar-refractivity contribution in [3.63, 3.8) is 0 Å². The molecule has 160 valence electrons. The number of carbonyl (C=O) groups is 2. The second-order valence-electron chi connectivity index (χ2n) is 8.19. The molecule has 1 unspecified atom stereocenters. The van der Waals surface area contributed by atoms with Crippen molar-refractivity contribution in [3.05, 3.63) is 94.2 Å². The lowest BCUT2D eigenvalue weighted by atomic mass is 9.69. The van der Waals surface area contributed by atoms with E-state index in [4.69, 9.17) is 5.73 Å². The lowest BCUT2D eigenvalue weighted by Gasteiger charge is -2.48. The van der Waals surface area contributed by atoms with Gasteiger partial charge in [-0.05, 0) is 41.3 Å². The molecule has 1 aliphatic carbocycles. The van der Waals surface area contributed by atoms with E-state index in [0.717, 1.165) is 43.2 Å². The molecule has 0 bridgehead atoms. The molecule has 5 heteroatoms. The smallest absolute Gasteiger partial charge is 0.265 e. The van der Waals surface area contributed by atoms with Crippen molar-refractivity contribution >= 4 is 23.2 Å². The predicted molar refractivity (Wildman–Crippen MR) is 125 cm³/mol. The highest BCUT2D eigenvalue weighted by Gasteiger charge is 2.52. The van der Waals surface area contributed by atoms with Crippen LogP contribution in [0.3, 0.4) is 0 Å². The fraction of sp³-hybridized carbons (Fsp3) is 0.308. The van der Waals surface area contributed by atoms with Gasteiger partial charge in [0, 0.05) is 6.54 Å². The Balaban J connectivity index is 1.92. The number of nitrogens with zero attached hydrogens (tertiary/aromatic N) is 1. The first-order chi connectivity index (χ1) is 15.1. The molecule has 2 N–H and O–H groups in total. The Morgan fingerprint density at radius 3 is 2.13 bits per heavy atom. The number of thiophene rings is 1. The molecule has 1 aliphatic rings. The van der Waals surface area contributed by atoms with Crippen molar-refractivity contribution in [1.29, 1.82) is 0 Å². The van der Waals surface area contributed by atoms with Crippen molar-refractivity contribution in [2.24, 2.45) is 11.7 Å². The molecule has 1 saturated carbocycles. The first-order valence-corrected chi connectivity index (χ1v) is 11.8. The summed E-state index contributed by atoms with van der Waals surface area (Å²) < 4.78 is 0. The SMILES string of the molecule is NC(=O)C(c1ccccc1)(C1CCCCC1)N(Cc1ccccc1)C(=O)c1cccs1. The number of amides is 2. The van der Waals surface area contributed by atoms with E-state index in [-0.39, 0.29) is 11.8 Å². The molecule has 2 aromatic carbocycles. The van der Waals surface area contributed by atoms with E-state index < -0.39 is 11.4 Å². The van der Waals surface area contributed by atoms with Gasteiger partial charge in [-0.2, -0.15) is 0 Å². The van der Waals surface area contributed by atoms with Crippen LogP contribution in [0.15, 0.2) is 78.2 Å². The van der Waals surface area contributed by atoms with E-state index in [1.165, 1.54) is 11.3 Å². The Morgan fingerprint density at radius 1 is 0.903 bits per heavy atom. The number of benzene rings is 2. The quantitative estimate of drug-likeness (QED) is 0.547. The van der Waals surface area contributed by atoms with Crippen molar-refractivity contribution < 1.29 is 9.59 Å². The molecule has 4 rings (SSSR count). The lowest BCUT2D eigenvalue weighted by Crippen LogP contribution is -2.61. The summed E-state index contributed by atoms with van der Waals surface area (Å²) in [6.45, 7) is 0.325. The molecule has 3 aromatic rings. The minimum atomic E-state index is -1.20. The highest BCUT2D eigenvalue weighted by Crippen LogP contribution is 2.45. The Bertz CT molecular complexity index is 998. The molecule has 0 saturated heterocycles. The minimum absolute atomic E-state index is 0.0197. The van der Waals surface area contributed by atoms with Gasteiger partial charge in [0.2, 0.25) is 5.91 Å². The van der Waals surface area contributed by atoms with Gasteiger partial charge in [-0.3, -0.25) is 9.59 Å². The molecular weight excluding hydrogens is 404 g/mol. The monoisotopic (exact) mass is 432 g/mol. The number of hydrogen-bond acceptors (Lipinski definition) is 3. The minimum Gasteiger partial charge on any atom is -0.367 e. The van der Waals surface area contributed by atoms with Crippen LogP contribution >= 0.6 is 11.3 Å². The predicted octanol–water partition coefficient (Wildman–Crippen LogP) is 5.35. The van der Waals surface area contributed by atoms with Gasteiger partial charge >= 0.3 is 0 Å². The van der Waals surface area contributed by atoms with Gasteiger partial charge in [0.1, 0.15) is 5.54 Å². The van der Waals surface area contributed by atoms with Gasteiger partial charge in [-0.1, -0.05) is 86.0 Å². The molecule has 0 aliphatic heterocycles. The second-order valence-corrected chi connectivity index (χ2v) is 9.13. The topological polar surface area (TPSA) is 63.4 Å². The van der Waals surface area contributed by atoms with Crippen LogP contribution in [0.4, 0.5) is 0 Å². The summed E-state index contributed by atoms with van der Waals surface area (Å²) in [5, 5.41) is 1.89. The molecule has 0 radical (unpaired) electrons. The van der Waals surface area contributed by atoms with Crippen molar-refractivity contribution in [2.75, 3.05) is 0 Å². The third-order valence-electron chi connectivity index (χ3n) is 6.37. The van der Waals surface area contributed by atoms with E-state index in [9.17, 15) is 9.59 Å². The zero-order valence-electron chi connectivity index (χ0n) is 17.6. The van der Waals surface area contributed by atoms with Crippen LogP contribution < -0.4 is 5.73 Å². The fourth-order valence-electron chi connectivity index (χ4n) is 4.96. The molecular formula is C26H28N2O2S. The highest BCUT2D eigenvalue weighted by atomic mass is 32.1. The van der Waals surface area contributed by atoms with Gasteiger partial charge in [-0.15, -0.1) is 11.3 Å².